The molecule has 0 spiro atoms. The van der Waals surface area contributed by atoms with Gasteiger partial charge < -0.3 is 10.6 Å². The molecule has 0 saturated heterocycles. The molecule has 3 heteroatoms. The second kappa shape index (κ2) is 6.82. The van der Waals surface area contributed by atoms with Crippen LogP contribution in [-0.4, -0.2) is 25.5 Å². The Bertz CT molecular complexity index is 167. The minimum atomic E-state index is 0.172. The van der Waals surface area contributed by atoms with Gasteiger partial charge >= 0.3 is 0 Å². The highest BCUT2D eigenvalue weighted by Crippen LogP contribution is 2.31. The first-order valence-electron chi connectivity index (χ1n) is 5.80. The van der Waals surface area contributed by atoms with Gasteiger partial charge in [0, 0.05) is 19.5 Å². The lowest BCUT2D eigenvalue weighted by Gasteiger charge is -2.04. The van der Waals surface area contributed by atoms with E-state index in [4.69, 9.17) is 0 Å². The van der Waals surface area contributed by atoms with Crippen molar-refractivity contribution in [2.24, 2.45) is 5.92 Å². The molecule has 0 aromatic carbocycles. The largest absolute Gasteiger partial charge is 0.356 e. The smallest absolute Gasteiger partial charge is 0.221 e. The molecule has 1 rings (SSSR count). The summed E-state index contributed by atoms with van der Waals surface area (Å²) >= 11 is 0. The third kappa shape index (κ3) is 5.97. The van der Waals surface area contributed by atoms with Crippen LogP contribution in [0.15, 0.2) is 0 Å². The average molecular weight is 198 g/mol. The quantitative estimate of drug-likeness (QED) is 0.577. The summed E-state index contributed by atoms with van der Waals surface area (Å²) in [4.78, 5) is 11.2. The number of amides is 1. The minimum Gasteiger partial charge on any atom is -0.356 e. The van der Waals surface area contributed by atoms with Crippen molar-refractivity contribution in [1.29, 1.82) is 0 Å². The Morgan fingerprint density at radius 1 is 1.29 bits per heavy atom. The van der Waals surface area contributed by atoms with E-state index < -0.39 is 0 Å². The van der Waals surface area contributed by atoms with Crippen molar-refractivity contribution in [3.8, 4) is 0 Å². The summed E-state index contributed by atoms with van der Waals surface area (Å²) in [5, 5.41) is 6.17. The molecule has 0 aliphatic heterocycles. The molecule has 2 N–H and O–H groups in total. The Labute approximate surface area is 86.6 Å². The molecule has 0 aromatic heterocycles. The maximum atomic E-state index is 11.2. The molecule has 0 aromatic rings. The Morgan fingerprint density at radius 2 is 2.07 bits per heavy atom. The molecule has 1 aliphatic carbocycles. The molecule has 0 bridgehead atoms. The van der Waals surface area contributed by atoms with Crippen molar-refractivity contribution in [1.82, 2.24) is 10.6 Å². The fourth-order valence-corrected chi connectivity index (χ4v) is 1.39. The van der Waals surface area contributed by atoms with Crippen LogP contribution in [0.25, 0.3) is 0 Å². The summed E-state index contributed by atoms with van der Waals surface area (Å²) in [6.07, 6.45) is 5.75. The fourth-order valence-electron chi connectivity index (χ4n) is 1.39. The van der Waals surface area contributed by atoms with E-state index in [0.717, 1.165) is 32.0 Å². The highest BCUT2D eigenvalue weighted by Gasteiger charge is 2.19. The maximum Gasteiger partial charge on any atom is 0.221 e. The molecule has 1 amide bonds. The van der Waals surface area contributed by atoms with Crippen molar-refractivity contribution in [2.45, 2.75) is 39.0 Å². The fraction of sp³-hybridized carbons (Fsp3) is 0.909. The van der Waals surface area contributed by atoms with Gasteiger partial charge in [-0.3, -0.25) is 4.79 Å². The Balaban J connectivity index is 1.79. The van der Waals surface area contributed by atoms with Crippen LogP contribution in [0.5, 0.6) is 0 Å². The van der Waals surface area contributed by atoms with Gasteiger partial charge in [0.1, 0.15) is 0 Å². The number of nitrogens with one attached hydrogen (secondary N) is 2. The highest BCUT2D eigenvalue weighted by molar-refractivity contribution is 5.75. The van der Waals surface area contributed by atoms with Crippen LogP contribution in [0.4, 0.5) is 0 Å². The summed E-state index contributed by atoms with van der Waals surface area (Å²) in [6, 6.07) is 0. The zero-order chi connectivity index (χ0) is 10.2. The third-order valence-corrected chi connectivity index (χ3v) is 2.53. The number of carbonyl (C=O) groups excluding carboxylic acids is 1. The second-order valence-electron chi connectivity index (χ2n) is 4.08. The van der Waals surface area contributed by atoms with Crippen LogP contribution in [0.3, 0.4) is 0 Å². The lowest BCUT2D eigenvalue weighted by molar-refractivity contribution is -0.120. The first kappa shape index (κ1) is 11.5. The molecule has 1 saturated carbocycles. The van der Waals surface area contributed by atoms with E-state index in [1.807, 2.05) is 0 Å². The van der Waals surface area contributed by atoms with Crippen molar-refractivity contribution in [2.75, 3.05) is 19.6 Å². The van der Waals surface area contributed by atoms with Gasteiger partial charge in [0.15, 0.2) is 0 Å². The van der Waals surface area contributed by atoms with Gasteiger partial charge in [-0.15, -0.1) is 0 Å². The summed E-state index contributed by atoms with van der Waals surface area (Å²) in [5.74, 6) is 1.15. The van der Waals surface area contributed by atoms with E-state index in [1.165, 1.54) is 19.3 Å². The number of carbonyl (C=O) groups is 1. The van der Waals surface area contributed by atoms with Crippen LogP contribution >= 0.6 is 0 Å². The predicted molar refractivity (Wildman–Crippen MR) is 58.1 cm³/mol. The van der Waals surface area contributed by atoms with E-state index >= 15 is 0 Å². The molecular weight excluding hydrogens is 176 g/mol. The first-order chi connectivity index (χ1) is 6.83. The van der Waals surface area contributed by atoms with Crippen molar-refractivity contribution in [3.63, 3.8) is 0 Å². The lowest BCUT2D eigenvalue weighted by Crippen LogP contribution is -2.28. The molecule has 0 heterocycles. The monoisotopic (exact) mass is 198 g/mol. The van der Waals surface area contributed by atoms with Crippen molar-refractivity contribution >= 4 is 5.91 Å². The molecule has 0 radical (unpaired) electrons. The molecule has 82 valence electrons. The Kier molecular flexibility index (Phi) is 5.60. The van der Waals surface area contributed by atoms with E-state index in [2.05, 4.69) is 17.6 Å². The van der Waals surface area contributed by atoms with Gasteiger partial charge in [-0.05, 0) is 25.3 Å². The molecule has 14 heavy (non-hydrogen) atoms. The van der Waals surface area contributed by atoms with Crippen LogP contribution < -0.4 is 10.6 Å². The summed E-state index contributed by atoms with van der Waals surface area (Å²) in [7, 11) is 0. The minimum absolute atomic E-state index is 0.172. The standard InChI is InChI=1S/C11H22N2O/c1-2-7-13-11(14)6-9-12-8-5-10-3-4-10/h10,12H,2-9H2,1H3,(H,13,14). The van der Waals surface area contributed by atoms with Gasteiger partial charge in [0.05, 0.1) is 0 Å². The van der Waals surface area contributed by atoms with Crippen molar-refractivity contribution in [3.05, 3.63) is 0 Å². The van der Waals surface area contributed by atoms with Gasteiger partial charge in [-0.2, -0.15) is 0 Å². The molecule has 1 fully saturated rings. The van der Waals surface area contributed by atoms with Crippen LogP contribution in [0.2, 0.25) is 0 Å². The molecule has 0 atom stereocenters. The Morgan fingerprint density at radius 3 is 2.71 bits per heavy atom. The number of rotatable bonds is 8. The number of hydrogen-bond acceptors (Lipinski definition) is 2. The topological polar surface area (TPSA) is 41.1 Å². The summed E-state index contributed by atoms with van der Waals surface area (Å²) in [5.41, 5.74) is 0. The van der Waals surface area contributed by atoms with Crippen molar-refractivity contribution < 1.29 is 4.79 Å². The summed E-state index contributed by atoms with van der Waals surface area (Å²) in [6.45, 7) is 4.77. The normalized spacial score (nSPS) is 15.5. The highest BCUT2D eigenvalue weighted by atomic mass is 16.1. The molecular formula is C11H22N2O. The van der Waals surface area contributed by atoms with Gasteiger partial charge in [0.2, 0.25) is 5.91 Å². The van der Waals surface area contributed by atoms with Crippen LogP contribution in [0, 0.1) is 5.92 Å². The van der Waals surface area contributed by atoms with Crippen LogP contribution in [-0.2, 0) is 4.79 Å². The average Bonchev–Trinajstić information content (AvgIpc) is 2.98. The zero-order valence-electron chi connectivity index (χ0n) is 9.14. The van der Waals surface area contributed by atoms with E-state index in [9.17, 15) is 4.79 Å². The second-order valence-corrected chi connectivity index (χ2v) is 4.08. The van der Waals surface area contributed by atoms with Gasteiger partial charge in [-0.25, -0.2) is 0 Å². The maximum absolute atomic E-state index is 11.2. The van der Waals surface area contributed by atoms with E-state index in [-0.39, 0.29) is 5.91 Å². The molecule has 1 aliphatic rings. The Hall–Kier alpha value is -0.570. The summed E-state index contributed by atoms with van der Waals surface area (Å²) < 4.78 is 0. The molecule has 3 nitrogen and oxygen atoms in total. The first-order valence-corrected chi connectivity index (χ1v) is 5.80. The lowest BCUT2D eigenvalue weighted by atomic mass is 10.3. The van der Waals surface area contributed by atoms with Crippen LogP contribution in [0.1, 0.15) is 39.0 Å². The third-order valence-electron chi connectivity index (χ3n) is 2.53. The number of hydrogen-bond donors (Lipinski definition) is 2. The van der Waals surface area contributed by atoms with E-state index in [1.54, 1.807) is 0 Å². The zero-order valence-corrected chi connectivity index (χ0v) is 9.14. The predicted octanol–water partition coefficient (Wildman–Crippen LogP) is 1.29. The van der Waals surface area contributed by atoms with Gasteiger partial charge in [0.25, 0.3) is 0 Å². The van der Waals surface area contributed by atoms with Gasteiger partial charge in [-0.1, -0.05) is 19.8 Å². The molecule has 0 unspecified atom stereocenters. The SMILES string of the molecule is CCCNC(=O)CCNCCC1CC1. The van der Waals surface area contributed by atoms with E-state index in [0.29, 0.717) is 6.42 Å².